The number of nitrogens with zero attached hydrogens (tertiary/aromatic N) is 4. The van der Waals surface area contributed by atoms with E-state index in [4.69, 9.17) is 10.8 Å². The minimum atomic E-state index is 0.549. The molecule has 1 atom stereocenters. The number of hydrogen-bond acceptors (Lipinski definition) is 6. The molecule has 2 saturated heterocycles. The summed E-state index contributed by atoms with van der Waals surface area (Å²) in [6.45, 7) is 4.57. The molecule has 1 aromatic rings. The van der Waals surface area contributed by atoms with Gasteiger partial charge in [-0.2, -0.15) is 0 Å². The number of nitrogens with two attached hydrogens (primary N) is 1. The van der Waals surface area contributed by atoms with Crippen molar-refractivity contribution in [3.8, 4) is 0 Å². The largest absolute Gasteiger partial charge is 0.354 e. The Labute approximate surface area is 125 Å². The quantitative estimate of drug-likeness (QED) is 0.645. The summed E-state index contributed by atoms with van der Waals surface area (Å²) in [5.74, 6) is 8.88. The number of nitrogen functional groups attached to an aromatic ring is 1. The van der Waals surface area contributed by atoms with Gasteiger partial charge in [0.25, 0.3) is 0 Å². The molecule has 6 heteroatoms. The van der Waals surface area contributed by atoms with Crippen LogP contribution in [0.4, 0.5) is 11.6 Å². The summed E-state index contributed by atoms with van der Waals surface area (Å²) >= 11 is 0. The van der Waals surface area contributed by atoms with E-state index in [1.165, 1.54) is 38.6 Å². The standard InChI is InChI=1S/C15H24N6/c16-19-13-9-14(18-15(17-13)11-4-5-11)21-8-7-20-6-2-1-3-12(20)10-21/h9,11-12H,1-8,10,16H2,(H,17,18,19). The molecular weight excluding hydrogens is 264 g/mol. The highest BCUT2D eigenvalue weighted by Gasteiger charge is 2.31. The van der Waals surface area contributed by atoms with Gasteiger partial charge in [0.1, 0.15) is 17.5 Å². The first kappa shape index (κ1) is 13.3. The van der Waals surface area contributed by atoms with E-state index in [-0.39, 0.29) is 0 Å². The maximum absolute atomic E-state index is 5.58. The Hall–Kier alpha value is -1.40. The summed E-state index contributed by atoms with van der Waals surface area (Å²) in [6, 6.07) is 2.69. The Balaban J connectivity index is 1.56. The van der Waals surface area contributed by atoms with Crippen LogP contribution in [-0.2, 0) is 0 Å². The highest BCUT2D eigenvalue weighted by molar-refractivity contribution is 5.50. The van der Waals surface area contributed by atoms with Crippen LogP contribution in [0.5, 0.6) is 0 Å². The SMILES string of the molecule is NNc1cc(N2CCN3CCCCC3C2)nc(C2CC2)n1. The Bertz CT molecular complexity index is 515. The molecule has 2 aliphatic heterocycles. The summed E-state index contributed by atoms with van der Waals surface area (Å²) < 4.78 is 0. The fraction of sp³-hybridized carbons (Fsp3) is 0.733. The fourth-order valence-corrected chi connectivity index (χ4v) is 3.58. The third-order valence-electron chi connectivity index (χ3n) is 4.98. The molecular formula is C15H24N6. The Morgan fingerprint density at radius 1 is 1.10 bits per heavy atom. The van der Waals surface area contributed by atoms with Crippen LogP contribution in [0.2, 0.25) is 0 Å². The van der Waals surface area contributed by atoms with E-state index >= 15 is 0 Å². The smallest absolute Gasteiger partial charge is 0.145 e. The fourth-order valence-electron chi connectivity index (χ4n) is 3.58. The topological polar surface area (TPSA) is 70.3 Å². The van der Waals surface area contributed by atoms with Crippen LogP contribution in [0, 0.1) is 0 Å². The van der Waals surface area contributed by atoms with E-state index in [1.54, 1.807) is 0 Å². The number of hydrazine groups is 1. The van der Waals surface area contributed by atoms with Gasteiger partial charge >= 0.3 is 0 Å². The van der Waals surface area contributed by atoms with Gasteiger partial charge in [-0.1, -0.05) is 6.42 Å². The number of fused-ring (bicyclic) bond motifs is 1. The molecule has 1 saturated carbocycles. The van der Waals surface area contributed by atoms with Crippen molar-refractivity contribution in [1.82, 2.24) is 14.9 Å². The first-order valence-corrected chi connectivity index (χ1v) is 8.18. The molecule has 1 aliphatic carbocycles. The highest BCUT2D eigenvalue weighted by Crippen LogP contribution is 2.39. The molecule has 3 aliphatic rings. The summed E-state index contributed by atoms with van der Waals surface area (Å²) in [4.78, 5) is 14.4. The first-order chi connectivity index (χ1) is 10.3. The van der Waals surface area contributed by atoms with Gasteiger partial charge in [0.2, 0.25) is 0 Å². The van der Waals surface area contributed by atoms with Gasteiger partial charge in [0.05, 0.1) is 0 Å². The number of aromatic nitrogens is 2. The van der Waals surface area contributed by atoms with Crippen LogP contribution in [0.15, 0.2) is 6.07 Å². The summed E-state index contributed by atoms with van der Waals surface area (Å²) in [5.41, 5.74) is 2.70. The lowest BCUT2D eigenvalue weighted by atomic mass is 9.99. The zero-order chi connectivity index (χ0) is 14.2. The number of anilines is 2. The molecule has 0 aromatic carbocycles. The van der Waals surface area contributed by atoms with Crippen LogP contribution in [0.25, 0.3) is 0 Å². The van der Waals surface area contributed by atoms with Crippen molar-refractivity contribution in [3.63, 3.8) is 0 Å². The predicted molar refractivity (Wildman–Crippen MR) is 83.2 cm³/mol. The summed E-state index contributed by atoms with van der Waals surface area (Å²) in [5, 5.41) is 0. The van der Waals surface area contributed by atoms with Gasteiger partial charge in [-0.15, -0.1) is 0 Å². The van der Waals surface area contributed by atoms with Crippen molar-refractivity contribution in [2.24, 2.45) is 5.84 Å². The highest BCUT2D eigenvalue weighted by atomic mass is 15.3. The van der Waals surface area contributed by atoms with E-state index < -0.39 is 0 Å². The predicted octanol–water partition coefficient (Wildman–Crippen LogP) is 1.31. The second-order valence-corrected chi connectivity index (χ2v) is 6.52. The second kappa shape index (κ2) is 5.42. The lowest BCUT2D eigenvalue weighted by Crippen LogP contribution is -2.55. The van der Waals surface area contributed by atoms with E-state index in [0.29, 0.717) is 12.0 Å². The number of piperidine rings is 1. The van der Waals surface area contributed by atoms with Crippen molar-refractivity contribution >= 4 is 11.6 Å². The summed E-state index contributed by atoms with van der Waals surface area (Å²) in [6.07, 6.45) is 6.46. The molecule has 0 amide bonds. The molecule has 4 rings (SSSR count). The van der Waals surface area contributed by atoms with Crippen LogP contribution in [0.3, 0.4) is 0 Å². The molecule has 3 heterocycles. The van der Waals surface area contributed by atoms with E-state index in [0.717, 1.165) is 37.1 Å². The van der Waals surface area contributed by atoms with Crippen molar-refractivity contribution in [3.05, 3.63) is 11.9 Å². The first-order valence-electron chi connectivity index (χ1n) is 8.18. The van der Waals surface area contributed by atoms with Gasteiger partial charge in [0, 0.05) is 37.7 Å². The number of nitrogens with one attached hydrogen (secondary N) is 1. The average molecular weight is 288 g/mol. The molecule has 3 fully saturated rings. The van der Waals surface area contributed by atoms with Crippen molar-refractivity contribution in [2.45, 2.75) is 44.1 Å². The van der Waals surface area contributed by atoms with Crippen LogP contribution in [-0.4, -0.2) is 47.1 Å². The van der Waals surface area contributed by atoms with Gasteiger partial charge in [-0.25, -0.2) is 15.8 Å². The summed E-state index contributed by atoms with van der Waals surface area (Å²) in [7, 11) is 0. The molecule has 1 aromatic heterocycles. The second-order valence-electron chi connectivity index (χ2n) is 6.52. The molecule has 1 unspecified atom stereocenters. The van der Waals surface area contributed by atoms with Gasteiger partial charge in [-0.3, -0.25) is 4.90 Å². The van der Waals surface area contributed by atoms with Crippen LogP contribution >= 0.6 is 0 Å². The van der Waals surface area contributed by atoms with Crippen molar-refractivity contribution in [1.29, 1.82) is 0 Å². The molecule has 0 bridgehead atoms. The maximum atomic E-state index is 5.58. The minimum Gasteiger partial charge on any atom is -0.354 e. The van der Waals surface area contributed by atoms with E-state index in [9.17, 15) is 0 Å². The van der Waals surface area contributed by atoms with Gasteiger partial charge in [0.15, 0.2) is 0 Å². The molecule has 114 valence electrons. The Morgan fingerprint density at radius 3 is 2.81 bits per heavy atom. The molecule has 0 spiro atoms. The molecule has 6 nitrogen and oxygen atoms in total. The zero-order valence-corrected chi connectivity index (χ0v) is 12.5. The van der Waals surface area contributed by atoms with Crippen LogP contribution < -0.4 is 16.2 Å². The van der Waals surface area contributed by atoms with Crippen molar-refractivity contribution in [2.75, 3.05) is 36.5 Å². The van der Waals surface area contributed by atoms with Crippen molar-refractivity contribution < 1.29 is 0 Å². The van der Waals surface area contributed by atoms with E-state index in [2.05, 4.69) is 20.2 Å². The molecule has 3 N–H and O–H groups in total. The average Bonchev–Trinajstić information content (AvgIpc) is 3.39. The third-order valence-corrected chi connectivity index (χ3v) is 4.98. The minimum absolute atomic E-state index is 0.549. The molecule has 21 heavy (non-hydrogen) atoms. The zero-order valence-electron chi connectivity index (χ0n) is 12.5. The number of hydrogen-bond donors (Lipinski definition) is 2. The molecule has 0 radical (unpaired) electrons. The normalized spacial score (nSPS) is 26.5. The third kappa shape index (κ3) is 2.70. The maximum Gasteiger partial charge on any atom is 0.145 e. The Morgan fingerprint density at radius 2 is 2.00 bits per heavy atom. The van der Waals surface area contributed by atoms with Gasteiger partial charge in [-0.05, 0) is 32.2 Å². The lowest BCUT2D eigenvalue weighted by molar-refractivity contribution is 0.133. The number of piperazine rings is 1. The monoisotopic (exact) mass is 288 g/mol. The lowest BCUT2D eigenvalue weighted by Gasteiger charge is -2.44. The Kier molecular flexibility index (Phi) is 3.43. The number of rotatable bonds is 3. The van der Waals surface area contributed by atoms with Crippen LogP contribution in [0.1, 0.15) is 43.8 Å². The van der Waals surface area contributed by atoms with Gasteiger partial charge < -0.3 is 10.3 Å². The van der Waals surface area contributed by atoms with E-state index in [1.807, 2.05) is 6.07 Å².